The number of carbonyl (C=O) groups excluding carboxylic acids is 2. The maximum Gasteiger partial charge on any atom is 0.278 e. The number of pyridine rings is 1. The lowest BCUT2D eigenvalue weighted by atomic mass is 9.89. The third-order valence-corrected chi connectivity index (χ3v) is 6.81. The highest BCUT2D eigenvalue weighted by Crippen LogP contribution is 2.30. The van der Waals surface area contributed by atoms with Crippen molar-refractivity contribution in [2.24, 2.45) is 0 Å². The summed E-state index contributed by atoms with van der Waals surface area (Å²) in [6, 6.07) is 7.25. The molecule has 0 aliphatic carbocycles. The summed E-state index contributed by atoms with van der Waals surface area (Å²) in [6.45, 7) is 6.22. The van der Waals surface area contributed by atoms with Gasteiger partial charge in [-0.25, -0.2) is 15.0 Å². The Morgan fingerprint density at radius 3 is 2.50 bits per heavy atom. The quantitative estimate of drug-likeness (QED) is 0.248. The summed E-state index contributed by atoms with van der Waals surface area (Å²) >= 11 is 0. The van der Waals surface area contributed by atoms with Gasteiger partial charge in [0.2, 0.25) is 5.95 Å². The molecule has 11 heteroatoms. The van der Waals surface area contributed by atoms with Crippen LogP contribution in [0, 0.1) is 0 Å². The molecule has 1 aromatic carbocycles. The average Bonchev–Trinajstić information content (AvgIpc) is 2.96. The van der Waals surface area contributed by atoms with E-state index < -0.39 is 5.54 Å². The van der Waals surface area contributed by atoms with Crippen molar-refractivity contribution in [2.45, 2.75) is 65.0 Å². The van der Waals surface area contributed by atoms with Crippen LogP contribution in [0.1, 0.15) is 68.8 Å². The molecule has 3 rings (SSSR count). The zero-order valence-electron chi connectivity index (χ0n) is 24.5. The molecule has 0 aliphatic heterocycles. The van der Waals surface area contributed by atoms with Gasteiger partial charge in [-0.3, -0.25) is 9.63 Å². The molecule has 1 atom stereocenters. The van der Waals surface area contributed by atoms with Crippen molar-refractivity contribution in [3.8, 4) is 11.5 Å². The highest BCUT2D eigenvalue weighted by Gasteiger charge is 2.26. The van der Waals surface area contributed by atoms with Gasteiger partial charge in [0.05, 0.1) is 32.4 Å². The zero-order valence-corrected chi connectivity index (χ0v) is 24.5. The van der Waals surface area contributed by atoms with Gasteiger partial charge in [-0.05, 0) is 44.9 Å². The van der Waals surface area contributed by atoms with Crippen molar-refractivity contribution in [3.05, 3.63) is 41.6 Å². The van der Waals surface area contributed by atoms with Crippen molar-refractivity contribution >= 4 is 34.5 Å². The van der Waals surface area contributed by atoms with Gasteiger partial charge in [0.15, 0.2) is 5.82 Å². The van der Waals surface area contributed by atoms with Crippen molar-refractivity contribution in [3.63, 3.8) is 0 Å². The van der Waals surface area contributed by atoms with E-state index in [1.165, 1.54) is 20.4 Å². The second-order valence-electron chi connectivity index (χ2n) is 10.00. The van der Waals surface area contributed by atoms with Gasteiger partial charge >= 0.3 is 0 Å². The molecule has 0 saturated carbocycles. The number of nitrogens with one attached hydrogen (secondary N) is 2. The second-order valence-corrected chi connectivity index (χ2v) is 10.00. The van der Waals surface area contributed by atoms with Gasteiger partial charge in [-0.1, -0.05) is 19.8 Å². The fourth-order valence-corrected chi connectivity index (χ4v) is 4.29. The topological polar surface area (TPSA) is 128 Å². The van der Waals surface area contributed by atoms with Gasteiger partial charge in [-0.2, -0.15) is 4.98 Å². The number of hydrogen-bond acceptors (Lipinski definition) is 10. The molecule has 1 amide bonds. The fourth-order valence-electron chi connectivity index (χ4n) is 4.29. The Morgan fingerprint density at radius 2 is 1.85 bits per heavy atom. The molecule has 216 valence electrons. The van der Waals surface area contributed by atoms with E-state index in [0.29, 0.717) is 59.2 Å². The Labute approximate surface area is 235 Å². The number of anilines is 2. The third-order valence-electron chi connectivity index (χ3n) is 6.81. The molecule has 0 aliphatic rings. The largest absolute Gasteiger partial charge is 0.497 e. The van der Waals surface area contributed by atoms with E-state index >= 15 is 0 Å². The van der Waals surface area contributed by atoms with Crippen LogP contribution >= 0.6 is 0 Å². The smallest absolute Gasteiger partial charge is 0.278 e. The number of unbranched alkanes of at least 4 members (excludes halogenated alkanes) is 1. The highest BCUT2D eigenvalue weighted by atomic mass is 16.7. The first-order chi connectivity index (χ1) is 19.1. The van der Waals surface area contributed by atoms with Crippen LogP contribution < -0.4 is 20.1 Å². The number of nitrogens with zero attached hydrogens (tertiary/aromatic N) is 4. The first kappa shape index (κ1) is 30.6. The number of Topliss-reactive ketones (excluding diaryl/α,β-unsaturated/α-hetero) is 1. The normalized spacial score (nSPS) is 12.5. The zero-order chi connectivity index (χ0) is 29.3. The lowest BCUT2D eigenvalue weighted by molar-refractivity contribution is -0.117. The summed E-state index contributed by atoms with van der Waals surface area (Å²) in [5.74, 6) is 2.02. The van der Waals surface area contributed by atoms with E-state index in [1.807, 2.05) is 18.2 Å². The molecule has 2 N–H and O–H groups in total. The molecule has 0 bridgehead atoms. The maximum absolute atomic E-state index is 12.7. The summed E-state index contributed by atoms with van der Waals surface area (Å²) in [4.78, 5) is 43.7. The van der Waals surface area contributed by atoms with Gasteiger partial charge in [-0.15, -0.1) is 0 Å². The molecule has 0 radical (unpaired) electrons. The Morgan fingerprint density at radius 1 is 1.07 bits per heavy atom. The second kappa shape index (κ2) is 13.9. The number of carbonyl (C=O) groups is 2. The summed E-state index contributed by atoms with van der Waals surface area (Å²) < 4.78 is 10.8. The van der Waals surface area contributed by atoms with Crippen molar-refractivity contribution in [1.29, 1.82) is 0 Å². The summed E-state index contributed by atoms with van der Waals surface area (Å²) in [7, 11) is 6.16. The van der Waals surface area contributed by atoms with E-state index in [0.717, 1.165) is 29.9 Å². The lowest BCUT2D eigenvalue weighted by Gasteiger charge is -2.32. The van der Waals surface area contributed by atoms with Crippen LogP contribution in [0.5, 0.6) is 11.5 Å². The monoisotopic (exact) mass is 552 g/mol. The van der Waals surface area contributed by atoms with Gasteiger partial charge in [0.25, 0.3) is 5.91 Å². The predicted octanol–water partition coefficient (Wildman–Crippen LogP) is 5.02. The van der Waals surface area contributed by atoms with Crippen LogP contribution in [-0.4, -0.2) is 65.6 Å². The molecule has 0 spiro atoms. The Balaban J connectivity index is 2.04. The molecule has 0 unspecified atom stereocenters. The molecule has 11 nitrogen and oxygen atoms in total. The van der Waals surface area contributed by atoms with Crippen LogP contribution in [0.2, 0.25) is 0 Å². The number of aromatic nitrogens is 3. The van der Waals surface area contributed by atoms with Crippen molar-refractivity contribution in [2.75, 3.05) is 39.0 Å². The predicted molar refractivity (Wildman–Crippen MR) is 155 cm³/mol. The fraction of sp³-hybridized carbons (Fsp3) is 0.483. The van der Waals surface area contributed by atoms with E-state index in [4.69, 9.17) is 19.3 Å². The third kappa shape index (κ3) is 7.78. The van der Waals surface area contributed by atoms with Crippen LogP contribution in [0.4, 0.5) is 11.8 Å². The molecular weight excluding hydrogens is 512 g/mol. The van der Waals surface area contributed by atoms with Crippen LogP contribution in [0.25, 0.3) is 11.0 Å². The number of fused-ring (bicyclic) bond motifs is 1. The molecule has 0 fully saturated rings. The Bertz CT molecular complexity index is 1330. The minimum absolute atomic E-state index is 0.136. The van der Waals surface area contributed by atoms with E-state index in [2.05, 4.69) is 34.4 Å². The van der Waals surface area contributed by atoms with Crippen molar-refractivity contribution < 1.29 is 23.9 Å². The number of amides is 1. The molecule has 2 aromatic heterocycles. The summed E-state index contributed by atoms with van der Waals surface area (Å²) in [5, 5.41) is 7.99. The number of ketones is 1. The minimum atomic E-state index is -0.397. The summed E-state index contributed by atoms with van der Waals surface area (Å²) in [5.41, 5.74) is 1.83. The van der Waals surface area contributed by atoms with E-state index in [9.17, 15) is 9.59 Å². The van der Waals surface area contributed by atoms with Crippen LogP contribution in [0.3, 0.4) is 0 Å². The summed E-state index contributed by atoms with van der Waals surface area (Å²) in [6.07, 6.45) is 5.45. The van der Waals surface area contributed by atoms with Crippen LogP contribution in [-0.2, 0) is 16.2 Å². The first-order valence-corrected chi connectivity index (χ1v) is 13.3. The number of rotatable bonds is 15. The minimum Gasteiger partial charge on any atom is -0.497 e. The lowest BCUT2D eigenvalue weighted by Crippen LogP contribution is -2.36. The van der Waals surface area contributed by atoms with Crippen LogP contribution in [0.15, 0.2) is 30.5 Å². The number of ether oxygens (including phenoxy) is 2. The van der Waals surface area contributed by atoms with Gasteiger partial charge in [0.1, 0.15) is 22.8 Å². The maximum atomic E-state index is 12.7. The van der Waals surface area contributed by atoms with E-state index in [-0.39, 0.29) is 11.7 Å². The highest BCUT2D eigenvalue weighted by molar-refractivity contribution is 5.97. The molecule has 40 heavy (non-hydrogen) atoms. The van der Waals surface area contributed by atoms with Crippen molar-refractivity contribution in [1.82, 2.24) is 20.0 Å². The van der Waals surface area contributed by atoms with Gasteiger partial charge < -0.3 is 24.9 Å². The number of hydroxylamine groups is 2. The molecule has 0 saturated heterocycles. The number of methoxy groups -OCH3 is 2. The molecule has 3 aromatic rings. The standard InChI is InChI=1S/C29H40N6O5/c1-8-9-13-29(3,14-12-19(2)36)34-26-25-23(15-21(18-30-25)27(37)35(4)40-7)32-28(33-26)31-17-20-10-11-22(38-5)16-24(20)39-6/h10-11,15-16,18H,8-9,12-14,17H2,1-7H3,(H2,31,32,33,34)/t29-/m1/s1. The number of hydrogen-bond donors (Lipinski definition) is 2. The Hall–Kier alpha value is -3.99. The molecular formula is C29H40N6O5. The number of benzene rings is 1. The average molecular weight is 553 g/mol. The van der Waals surface area contributed by atoms with Gasteiger partial charge in [0, 0.05) is 43.4 Å². The SMILES string of the molecule is CCCC[C@](C)(CCC(C)=O)Nc1nc(NCc2ccc(OC)cc2OC)nc2cc(C(=O)N(C)OC)cnc12. The first-order valence-electron chi connectivity index (χ1n) is 13.3. The Kier molecular flexibility index (Phi) is 10.6. The molecule has 2 heterocycles. The van der Waals surface area contributed by atoms with E-state index in [1.54, 1.807) is 27.2 Å².